The van der Waals surface area contributed by atoms with Gasteiger partial charge in [0.05, 0.1) is 30.5 Å². The summed E-state index contributed by atoms with van der Waals surface area (Å²) in [7, 11) is 1.85. The number of anilines is 1. The van der Waals surface area contributed by atoms with Crippen LogP contribution >= 0.6 is 0 Å². The second-order valence-corrected chi connectivity index (χ2v) is 10.5. The van der Waals surface area contributed by atoms with Crippen molar-refractivity contribution in [3.8, 4) is 22.3 Å². The van der Waals surface area contributed by atoms with Crippen molar-refractivity contribution >= 4 is 11.7 Å². The molecule has 5 rings (SSSR count). The largest absolute Gasteiger partial charge is 0.396 e. The van der Waals surface area contributed by atoms with Crippen LogP contribution in [0.3, 0.4) is 0 Å². The molecule has 8 heteroatoms. The molecule has 0 spiro atoms. The van der Waals surface area contributed by atoms with Crippen molar-refractivity contribution in [2.75, 3.05) is 12.3 Å². The highest BCUT2D eigenvalue weighted by atomic mass is 16.5. The van der Waals surface area contributed by atoms with Gasteiger partial charge in [-0.15, -0.1) is 0 Å². The molecule has 0 aliphatic heterocycles. The Labute approximate surface area is 235 Å². The van der Waals surface area contributed by atoms with Crippen LogP contribution in [-0.2, 0) is 24.8 Å². The molecule has 1 aliphatic rings. The van der Waals surface area contributed by atoms with Gasteiger partial charge in [0.2, 0.25) is 0 Å². The number of benzene rings is 2. The standard InChI is InChI=1S/C32H37N5O3/c1-37-20-27(19-35-37)26-17-28(31(33)34-18-26)32(39)36-29-6-4-7-30(29)40-21-23-10-14-25(15-11-23)24-12-8-22(9-13-24)5-2-3-16-38/h8-15,17-20,29-30,38H,2-7,16,21H2,1H3,(H2,33,34)(H,36,39)/t29-,30-/m0/s1. The number of nitrogen functional groups attached to an aromatic ring is 1. The Kier molecular flexibility index (Phi) is 8.88. The first kappa shape index (κ1) is 27.6. The molecule has 1 saturated carbocycles. The molecule has 1 fully saturated rings. The van der Waals surface area contributed by atoms with Crippen molar-refractivity contribution in [3.63, 3.8) is 0 Å². The highest BCUT2D eigenvalue weighted by molar-refractivity contribution is 5.99. The lowest BCUT2D eigenvalue weighted by Gasteiger charge is -2.22. The third kappa shape index (κ3) is 6.76. The maximum absolute atomic E-state index is 13.2. The van der Waals surface area contributed by atoms with E-state index in [1.807, 2.05) is 13.2 Å². The number of nitrogens with zero attached hydrogens (tertiary/aromatic N) is 3. The molecule has 2 atom stereocenters. The van der Waals surface area contributed by atoms with E-state index in [4.69, 9.17) is 15.6 Å². The average molecular weight is 540 g/mol. The molecular formula is C32H37N5O3. The number of rotatable bonds is 11. The van der Waals surface area contributed by atoms with Crippen molar-refractivity contribution in [3.05, 3.63) is 89.9 Å². The fourth-order valence-electron chi connectivity index (χ4n) is 5.22. The average Bonchev–Trinajstić information content (AvgIpc) is 3.61. The first-order chi connectivity index (χ1) is 19.5. The van der Waals surface area contributed by atoms with Gasteiger partial charge in [0.25, 0.3) is 5.91 Å². The van der Waals surface area contributed by atoms with E-state index in [0.717, 1.165) is 60.8 Å². The number of nitrogens with two attached hydrogens (primary N) is 1. The van der Waals surface area contributed by atoms with Crippen LogP contribution in [0.5, 0.6) is 0 Å². The Morgan fingerprint density at radius 3 is 2.40 bits per heavy atom. The van der Waals surface area contributed by atoms with Crippen LogP contribution in [0.25, 0.3) is 22.3 Å². The number of pyridine rings is 1. The van der Waals surface area contributed by atoms with Crippen LogP contribution < -0.4 is 11.1 Å². The summed E-state index contributed by atoms with van der Waals surface area (Å²) in [5.41, 5.74) is 12.8. The van der Waals surface area contributed by atoms with E-state index in [0.29, 0.717) is 12.2 Å². The third-order valence-electron chi connectivity index (χ3n) is 7.55. The van der Waals surface area contributed by atoms with Crippen LogP contribution in [0, 0.1) is 0 Å². The highest BCUT2D eigenvalue weighted by Crippen LogP contribution is 2.27. The summed E-state index contributed by atoms with van der Waals surface area (Å²) in [6, 6.07) is 18.8. The summed E-state index contributed by atoms with van der Waals surface area (Å²) in [6.45, 7) is 0.736. The molecule has 0 radical (unpaired) electrons. The second-order valence-electron chi connectivity index (χ2n) is 10.5. The van der Waals surface area contributed by atoms with Crippen LogP contribution in [0.4, 0.5) is 5.82 Å². The monoisotopic (exact) mass is 539 g/mol. The van der Waals surface area contributed by atoms with Gasteiger partial charge in [-0.25, -0.2) is 4.98 Å². The lowest BCUT2D eigenvalue weighted by molar-refractivity contribution is 0.0272. The lowest BCUT2D eigenvalue weighted by atomic mass is 10.0. The Bertz CT molecular complexity index is 1420. The number of aliphatic hydroxyl groups is 1. The summed E-state index contributed by atoms with van der Waals surface area (Å²) < 4.78 is 7.99. The van der Waals surface area contributed by atoms with E-state index < -0.39 is 0 Å². The topological polar surface area (TPSA) is 115 Å². The first-order valence-corrected chi connectivity index (χ1v) is 14.0. The molecular weight excluding hydrogens is 502 g/mol. The number of unbranched alkanes of at least 4 members (excludes halogenated alkanes) is 1. The predicted molar refractivity (Wildman–Crippen MR) is 156 cm³/mol. The zero-order valence-electron chi connectivity index (χ0n) is 22.9. The number of amides is 1. The van der Waals surface area contributed by atoms with E-state index in [1.54, 1.807) is 23.1 Å². The normalized spacial score (nSPS) is 16.8. The van der Waals surface area contributed by atoms with Gasteiger partial charge in [-0.3, -0.25) is 9.48 Å². The molecule has 4 aromatic rings. The van der Waals surface area contributed by atoms with Gasteiger partial charge in [-0.1, -0.05) is 48.5 Å². The third-order valence-corrected chi connectivity index (χ3v) is 7.55. The smallest absolute Gasteiger partial charge is 0.255 e. The molecule has 2 aromatic carbocycles. The van der Waals surface area contributed by atoms with E-state index in [2.05, 4.69) is 63.9 Å². The molecule has 2 heterocycles. The number of hydrogen-bond donors (Lipinski definition) is 3. The summed E-state index contributed by atoms with van der Waals surface area (Å²) in [4.78, 5) is 17.4. The molecule has 1 aliphatic carbocycles. The second kappa shape index (κ2) is 12.9. The van der Waals surface area contributed by atoms with E-state index >= 15 is 0 Å². The number of carbonyl (C=O) groups excluding carboxylic acids is 1. The maximum atomic E-state index is 13.2. The van der Waals surface area contributed by atoms with Crippen LogP contribution in [0.2, 0.25) is 0 Å². The van der Waals surface area contributed by atoms with Crippen molar-refractivity contribution in [1.82, 2.24) is 20.1 Å². The fourth-order valence-corrected chi connectivity index (χ4v) is 5.22. The highest BCUT2D eigenvalue weighted by Gasteiger charge is 2.30. The number of nitrogens with one attached hydrogen (secondary N) is 1. The zero-order chi connectivity index (χ0) is 27.9. The lowest BCUT2D eigenvalue weighted by Crippen LogP contribution is -2.41. The Hall–Kier alpha value is -4.01. The fraction of sp³-hybridized carbons (Fsp3) is 0.344. The summed E-state index contributed by atoms with van der Waals surface area (Å²) in [5.74, 6) is -0.0305. The van der Waals surface area contributed by atoms with Gasteiger partial charge < -0.3 is 20.9 Å². The van der Waals surface area contributed by atoms with Crippen molar-refractivity contribution < 1.29 is 14.6 Å². The van der Waals surface area contributed by atoms with Gasteiger partial charge in [0.1, 0.15) is 5.82 Å². The minimum atomic E-state index is -0.236. The van der Waals surface area contributed by atoms with E-state index in [9.17, 15) is 4.79 Å². The van der Waals surface area contributed by atoms with Crippen molar-refractivity contribution in [2.45, 2.75) is 57.3 Å². The Morgan fingerprint density at radius 2 is 1.73 bits per heavy atom. The maximum Gasteiger partial charge on any atom is 0.255 e. The van der Waals surface area contributed by atoms with Gasteiger partial charge in [-0.05, 0) is 66.8 Å². The first-order valence-electron chi connectivity index (χ1n) is 14.0. The van der Waals surface area contributed by atoms with E-state index in [1.165, 1.54) is 11.1 Å². The molecule has 2 aromatic heterocycles. The van der Waals surface area contributed by atoms with Gasteiger partial charge in [0.15, 0.2) is 0 Å². The number of aliphatic hydroxyl groups excluding tert-OH is 1. The van der Waals surface area contributed by atoms with Gasteiger partial charge in [0, 0.05) is 37.2 Å². The van der Waals surface area contributed by atoms with Crippen LogP contribution in [0.1, 0.15) is 53.6 Å². The summed E-state index contributed by atoms with van der Waals surface area (Å²) in [5, 5.41) is 16.3. The Balaban J connectivity index is 1.16. The minimum absolute atomic E-state index is 0.0577. The molecule has 1 amide bonds. The van der Waals surface area contributed by atoms with Crippen LogP contribution in [0.15, 0.2) is 73.2 Å². The SMILES string of the molecule is Cn1cc(-c2cnc(N)c(C(=O)N[C@H]3CCC[C@@H]3OCc3ccc(-c4ccc(CCCCO)cc4)cc3)c2)cn1. The predicted octanol–water partition coefficient (Wildman–Crippen LogP) is 4.91. The Morgan fingerprint density at radius 1 is 1.00 bits per heavy atom. The molecule has 40 heavy (non-hydrogen) atoms. The number of hydrogen-bond acceptors (Lipinski definition) is 6. The quantitative estimate of drug-likeness (QED) is 0.233. The molecule has 4 N–H and O–H groups in total. The van der Waals surface area contributed by atoms with E-state index in [-0.39, 0.29) is 30.5 Å². The van der Waals surface area contributed by atoms with Gasteiger partial charge in [-0.2, -0.15) is 5.10 Å². The number of ether oxygens (including phenoxy) is 1. The molecule has 208 valence electrons. The van der Waals surface area contributed by atoms with Gasteiger partial charge >= 0.3 is 0 Å². The van der Waals surface area contributed by atoms with Crippen molar-refractivity contribution in [2.24, 2.45) is 7.05 Å². The van der Waals surface area contributed by atoms with Crippen LogP contribution in [-0.4, -0.2) is 44.5 Å². The summed E-state index contributed by atoms with van der Waals surface area (Å²) >= 11 is 0. The minimum Gasteiger partial charge on any atom is -0.396 e. The molecule has 0 bridgehead atoms. The molecule has 8 nitrogen and oxygen atoms in total. The number of aryl methyl sites for hydroxylation is 2. The number of carbonyl (C=O) groups is 1. The molecule has 0 unspecified atom stereocenters. The molecule has 0 saturated heterocycles. The zero-order valence-corrected chi connectivity index (χ0v) is 22.9. The number of aromatic nitrogens is 3. The van der Waals surface area contributed by atoms with Crippen molar-refractivity contribution in [1.29, 1.82) is 0 Å². The summed E-state index contributed by atoms with van der Waals surface area (Å²) in [6.07, 6.45) is 10.8.